The van der Waals surface area contributed by atoms with Crippen LogP contribution in [0.4, 0.5) is 11.4 Å². The third kappa shape index (κ3) is 6.23. The smallest absolute Gasteiger partial charge is 0.250 e. The molecule has 7 heteroatoms. The molecule has 28 heavy (non-hydrogen) atoms. The molecular weight excluding hydrogens is 413 g/mol. The van der Waals surface area contributed by atoms with Crippen molar-refractivity contribution in [1.29, 1.82) is 0 Å². The molecule has 0 saturated carbocycles. The standard InChI is InChI=1S/C21H23Cl2N3OS/c1-4-26(5-2)17-9-10-19(14(3)12-17)24-21(28)25-20(27)11-7-15-6-8-16(22)13-18(15)23/h6-13H,4-5H2,1-3H3,(H2,24,25,27,28)/b11-7+. The van der Waals surface area contributed by atoms with E-state index in [-0.39, 0.29) is 11.0 Å². The Morgan fingerprint density at radius 3 is 2.46 bits per heavy atom. The van der Waals surface area contributed by atoms with Gasteiger partial charge in [-0.2, -0.15) is 0 Å². The second kappa shape index (κ2) is 10.5. The summed E-state index contributed by atoms with van der Waals surface area (Å²) in [4.78, 5) is 14.4. The molecule has 2 N–H and O–H groups in total. The number of amides is 1. The van der Waals surface area contributed by atoms with Crippen LogP contribution in [0, 0.1) is 6.92 Å². The topological polar surface area (TPSA) is 44.4 Å². The van der Waals surface area contributed by atoms with E-state index in [1.807, 2.05) is 19.1 Å². The number of thiocarbonyl (C=S) groups is 1. The first-order chi connectivity index (χ1) is 13.3. The summed E-state index contributed by atoms with van der Waals surface area (Å²) in [5, 5.41) is 6.94. The molecule has 0 unspecified atom stereocenters. The Labute approximate surface area is 181 Å². The number of nitrogens with zero attached hydrogens (tertiary/aromatic N) is 1. The predicted molar refractivity (Wildman–Crippen MR) is 125 cm³/mol. The van der Waals surface area contributed by atoms with Crippen molar-refractivity contribution in [3.63, 3.8) is 0 Å². The number of rotatable bonds is 6. The molecule has 0 radical (unpaired) electrons. The second-order valence-electron chi connectivity index (χ2n) is 6.11. The van der Waals surface area contributed by atoms with Crippen LogP contribution in [-0.4, -0.2) is 24.1 Å². The fourth-order valence-corrected chi connectivity index (χ4v) is 3.36. The number of carbonyl (C=O) groups excluding carboxylic acids is 1. The molecule has 0 spiro atoms. The Hall–Kier alpha value is -2.08. The molecule has 0 aliphatic heterocycles. The Morgan fingerprint density at radius 1 is 1.14 bits per heavy atom. The first kappa shape index (κ1) is 22.2. The summed E-state index contributed by atoms with van der Waals surface area (Å²) in [6.07, 6.45) is 2.99. The molecule has 2 rings (SSSR count). The van der Waals surface area contributed by atoms with Gasteiger partial charge in [-0.25, -0.2) is 0 Å². The van der Waals surface area contributed by atoms with Gasteiger partial charge in [-0.15, -0.1) is 0 Å². The molecule has 2 aromatic rings. The van der Waals surface area contributed by atoms with E-state index in [9.17, 15) is 4.79 Å². The van der Waals surface area contributed by atoms with E-state index < -0.39 is 0 Å². The van der Waals surface area contributed by atoms with E-state index in [1.54, 1.807) is 24.3 Å². The molecule has 0 aromatic heterocycles. The lowest BCUT2D eigenvalue weighted by Gasteiger charge is -2.22. The number of anilines is 2. The molecule has 0 bridgehead atoms. The molecule has 1 amide bonds. The summed E-state index contributed by atoms with van der Waals surface area (Å²) in [6.45, 7) is 8.14. The minimum atomic E-state index is -0.346. The largest absolute Gasteiger partial charge is 0.372 e. The quantitative estimate of drug-likeness (QED) is 0.452. The number of carbonyl (C=O) groups is 1. The van der Waals surface area contributed by atoms with Crippen LogP contribution in [0.5, 0.6) is 0 Å². The van der Waals surface area contributed by atoms with Gasteiger partial charge in [0.25, 0.3) is 0 Å². The number of halogens is 2. The van der Waals surface area contributed by atoms with Crippen LogP contribution in [0.1, 0.15) is 25.0 Å². The lowest BCUT2D eigenvalue weighted by atomic mass is 10.1. The van der Waals surface area contributed by atoms with Gasteiger partial charge in [-0.05, 0) is 80.5 Å². The zero-order valence-corrected chi connectivity index (χ0v) is 18.4. The zero-order chi connectivity index (χ0) is 20.7. The van der Waals surface area contributed by atoms with Crippen LogP contribution < -0.4 is 15.5 Å². The Kier molecular flexibility index (Phi) is 8.30. The number of hydrogen-bond acceptors (Lipinski definition) is 3. The van der Waals surface area contributed by atoms with Crippen LogP contribution in [-0.2, 0) is 4.79 Å². The molecular formula is C21H23Cl2N3OS. The van der Waals surface area contributed by atoms with Crippen molar-refractivity contribution in [1.82, 2.24) is 5.32 Å². The highest BCUT2D eigenvalue weighted by Crippen LogP contribution is 2.23. The van der Waals surface area contributed by atoms with Gasteiger partial charge in [0, 0.05) is 40.6 Å². The molecule has 0 aliphatic rings. The lowest BCUT2D eigenvalue weighted by molar-refractivity contribution is -0.115. The predicted octanol–water partition coefficient (Wildman–Crippen LogP) is 5.67. The number of hydrogen-bond donors (Lipinski definition) is 2. The normalized spacial score (nSPS) is 10.8. The third-order valence-corrected chi connectivity index (χ3v) is 4.97. The van der Waals surface area contributed by atoms with Crippen LogP contribution in [0.3, 0.4) is 0 Å². The fraction of sp³-hybridized carbons (Fsp3) is 0.238. The minimum absolute atomic E-state index is 0.232. The van der Waals surface area contributed by atoms with Crippen LogP contribution in [0.2, 0.25) is 10.0 Å². The van der Waals surface area contributed by atoms with Gasteiger partial charge in [-0.3, -0.25) is 10.1 Å². The Bertz CT molecular complexity index is 895. The van der Waals surface area contributed by atoms with Gasteiger partial charge in [0.05, 0.1) is 0 Å². The zero-order valence-electron chi connectivity index (χ0n) is 16.1. The molecule has 2 aromatic carbocycles. The monoisotopic (exact) mass is 435 g/mol. The van der Waals surface area contributed by atoms with Crippen molar-refractivity contribution in [3.05, 3.63) is 63.6 Å². The molecule has 0 fully saturated rings. The highest BCUT2D eigenvalue weighted by Gasteiger charge is 2.07. The second-order valence-corrected chi connectivity index (χ2v) is 7.37. The minimum Gasteiger partial charge on any atom is -0.372 e. The average molecular weight is 436 g/mol. The van der Waals surface area contributed by atoms with Crippen LogP contribution in [0.15, 0.2) is 42.5 Å². The first-order valence-corrected chi connectivity index (χ1v) is 10.1. The summed E-state index contributed by atoms with van der Waals surface area (Å²) in [5.41, 5.74) is 3.75. The van der Waals surface area contributed by atoms with Gasteiger partial charge in [0.15, 0.2) is 5.11 Å². The summed E-state index contributed by atoms with van der Waals surface area (Å²) >= 11 is 17.2. The van der Waals surface area contributed by atoms with E-state index in [0.717, 1.165) is 30.0 Å². The van der Waals surface area contributed by atoms with Crippen molar-refractivity contribution in [2.45, 2.75) is 20.8 Å². The van der Waals surface area contributed by atoms with Gasteiger partial charge < -0.3 is 10.2 Å². The van der Waals surface area contributed by atoms with E-state index in [4.69, 9.17) is 35.4 Å². The lowest BCUT2D eigenvalue weighted by Crippen LogP contribution is -2.33. The molecule has 0 aliphatic carbocycles. The summed E-state index contributed by atoms with van der Waals surface area (Å²) in [5.74, 6) is -0.346. The summed E-state index contributed by atoms with van der Waals surface area (Å²) in [7, 11) is 0. The molecule has 4 nitrogen and oxygen atoms in total. The van der Waals surface area contributed by atoms with E-state index in [1.165, 1.54) is 6.08 Å². The van der Waals surface area contributed by atoms with Gasteiger partial charge >= 0.3 is 0 Å². The number of benzene rings is 2. The average Bonchev–Trinajstić information content (AvgIpc) is 2.64. The maximum Gasteiger partial charge on any atom is 0.250 e. The van der Waals surface area contributed by atoms with Crippen molar-refractivity contribution in [2.24, 2.45) is 0 Å². The summed E-state index contributed by atoms with van der Waals surface area (Å²) in [6, 6.07) is 11.2. The summed E-state index contributed by atoms with van der Waals surface area (Å²) < 4.78 is 0. The van der Waals surface area contributed by atoms with E-state index in [2.05, 4.69) is 35.4 Å². The Morgan fingerprint density at radius 2 is 1.86 bits per heavy atom. The maximum absolute atomic E-state index is 12.1. The van der Waals surface area contributed by atoms with E-state index >= 15 is 0 Å². The highest BCUT2D eigenvalue weighted by atomic mass is 35.5. The van der Waals surface area contributed by atoms with Gasteiger partial charge in [0.1, 0.15) is 0 Å². The molecule has 0 heterocycles. The Balaban J connectivity index is 1.97. The molecule has 0 saturated heterocycles. The van der Waals surface area contributed by atoms with Crippen molar-refractivity contribution >= 4 is 63.9 Å². The van der Waals surface area contributed by atoms with Crippen molar-refractivity contribution in [2.75, 3.05) is 23.3 Å². The van der Waals surface area contributed by atoms with E-state index in [0.29, 0.717) is 15.6 Å². The van der Waals surface area contributed by atoms with Gasteiger partial charge in [0.2, 0.25) is 5.91 Å². The van der Waals surface area contributed by atoms with Crippen molar-refractivity contribution < 1.29 is 4.79 Å². The highest BCUT2D eigenvalue weighted by molar-refractivity contribution is 7.80. The third-order valence-electron chi connectivity index (χ3n) is 4.20. The fourth-order valence-electron chi connectivity index (χ4n) is 2.68. The number of aryl methyl sites for hydroxylation is 1. The van der Waals surface area contributed by atoms with Crippen molar-refractivity contribution in [3.8, 4) is 0 Å². The first-order valence-electron chi connectivity index (χ1n) is 8.94. The van der Waals surface area contributed by atoms with Crippen LogP contribution in [0.25, 0.3) is 6.08 Å². The van der Waals surface area contributed by atoms with Crippen LogP contribution >= 0.6 is 35.4 Å². The maximum atomic E-state index is 12.1. The molecule has 148 valence electrons. The van der Waals surface area contributed by atoms with Gasteiger partial charge in [-0.1, -0.05) is 29.3 Å². The molecule has 0 atom stereocenters. The SMILES string of the molecule is CCN(CC)c1ccc(NC(=S)NC(=O)/C=C/c2ccc(Cl)cc2Cl)c(C)c1. The number of nitrogens with one attached hydrogen (secondary N) is 2.